The maximum atomic E-state index is 13.6. The van der Waals surface area contributed by atoms with E-state index in [1.165, 1.54) is 30.3 Å². The van der Waals surface area contributed by atoms with E-state index in [9.17, 15) is 19.3 Å². The first-order valence-corrected chi connectivity index (χ1v) is 6.07. The Kier molecular flexibility index (Phi) is 4.04. The number of halogens is 2. The van der Waals surface area contributed by atoms with Crippen molar-refractivity contribution >= 4 is 34.6 Å². The van der Waals surface area contributed by atoms with Crippen molar-refractivity contribution in [2.24, 2.45) is 0 Å². The molecule has 21 heavy (non-hydrogen) atoms. The molecule has 0 heterocycles. The number of amides is 1. The van der Waals surface area contributed by atoms with Crippen LogP contribution >= 0.6 is 11.6 Å². The van der Waals surface area contributed by atoms with Crippen LogP contribution in [-0.2, 0) is 0 Å². The van der Waals surface area contributed by atoms with Crippen LogP contribution in [0.3, 0.4) is 0 Å². The Morgan fingerprint density at radius 3 is 2.67 bits per heavy atom. The highest BCUT2D eigenvalue weighted by Crippen LogP contribution is 2.26. The van der Waals surface area contributed by atoms with Gasteiger partial charge in [-0.25, -0.2) is 4.39 Å². The van der Waals surface area contributed by atoms with E-state index in [1.807, 2.05) is 0 Å². The Hall–Kier alpha value is -2.67. The van der Waals surface area contributed by atoms with Crippen LogP contribution in [0, 0.1) is 15.9 Å². The Balaban J connectivity index is 2.33. The third-order valence-electron chi connectivity index (χ3n) is 2.70. The number of nitrogen functional groups attached to an aromatic ring is 1. The lowest BCUT2D eigenvalue weighted by Crippen LogP contribution is -2.15. The first-order chi connectivity index (χ1) is 9.90. The number of anilines is 2. The molecule has 2 aromatic rings. The molecule has 1 amide bonds. The van der Waals surface area contributed by atoms with Crippen LogP contribution in [0.4, 0.5) is 21.5 Å². The minimum Gasteiger partial charge on any atom is -0.393 e. The number of carbonyl (C=O) groups excluding carboxylic acids is 1. The van der Waals surface area contributed by atoms with E-state index in [0.717, 1.165) is 6.07 Å². The van der Waals surface area contributed by atoms with Crippen molar-refractivity contribution in [3.63, 3.8) is 0 Å². The number of nitrogens with two attached hydrogens (primary N) is 1. The van der Waals surface area contributed by atoms with Crippen LogP contribution in [0.15, 0.2) is 36.4 Å². The van der Waals surface area contributed by atoms with E-state index in [1.54, 1.807) is 0 Å². The molecular formula is C13H9ClFN3O3. The Morgan fingerprint density at radius 1 is 1.33 bits per heavy atom. The average molecular weight is 310 g/mol. The number of para-hydroxylation sites is 1. The van der Waals surface area contributed by atoms with Gasteiger partial charge in [-0.2, -0.15) is 0 Å². The summed E-state index contributed by atoms with van der Waals surface area (Å²) in [6.07, 6.45) is 0. The van der Waals surface area contributed by atoms with Crippen molar-refractivity contribution in [1.29, 1.82) is 0 Å². The van der Waals surface area contributed by atoms with Gasteiger partial charge in [0.05, 0.1) is 16.2 Å². The maximum absolute atomic E-state index is 13.6. The molecule has 0 aliphatic heterocycles. The van der Waals surface area contributed by atoms with Gasteiger partial charge >= 0.3 is 0 Å². The fourth-order valence-electron chi connectivity index (χ4n) is 1.69. The zero-order valence-electron chi connectivity index (χ0n) is 10.5. The first-order valence-electron chi connectivity index (χ1n) is 5.69. The molecule has 108 valence electrons. The molecule has 0 saturated carbocycles. The van der Waals surface area contributed by atoms with E-state index in [2.05, 4.69) is 5.32 Å². The fourth-order valence-corrected chi connectivity index (χ4v) is 1.85. The third kappa shape index (κ3) is 3.09. The van der Waals surface area contributed by atoms with Crippen molar-refractivity contribution in [1.82, 2.24) is 0 Å². The Morgan fingerprint density at radius 2 is 2.05 bits per heavy atom. The lowest BCUT2D eigenvalue weighted by Gasteiger charge is -2.08. The normalized spacial score (nSPS) is 10.2. The smallest absolute Gasteiger partial charge is 0.292 e. The van der Waals surface area contributed by atoms with Crippen LogP contribution in [0.25, 0.3) is 0 Å². The predicted octanol–water partition coefficient (Wildman–Crippen LogP) is 3.22. The number of carbonyl (C=O) groups is 1. The molecule has 0 aromatic heterocycles. The number of nitro benzene ring substituents is 1. The van der Waals surface area contributed by atoms with E-state index >= 15 is 0 Å². The molecule has 0 fully saturated rings. The van der Waals surface area contributed by atoms with Gasteiger partial charge in [-0.15, -0.1) is 0 Å². The summed E-state index contributed by atoms with van der Waals surface area (Å²) in [5.41, 5.74) is 4.70. The molecule has 8 heteroatoms. The van der Waals surface area contributed by atoms with E-state index in [-0.39, 0.29) is 27.6 Å². The van der Waals surface area contributed by atoms with E-state index in [0.29, 0.717) is 0 Å². The van der Waals surface area contributed by atoms with Crippen molar-refractivity contribution in [2.75, 3.05) is 11.1 Å². The summed E-state index contributed by atoms with van der Waals surface area (Å²) in [6.45, 7) is 0. The molecule has 0 saturated heterocycles. The zero-order valence-corrected chi connectivity index (χ0v) is 11.2. The molecule has 2 rings (SSSR count). The zero-order chi connectivity index (χ0) is 15.6. The standard InChI is InChI=1S/C13H9ClFN3O3/c14-7-4-5-10(9(15)6-7)17-13(19)8-2-1-3-11(12(8)16)18(20)21/h1-6H,16H2,(H,17,19). The summed E-state index contributed by atoms with van der Waals surface area (Å²) in [7, 11) is 0. The minimum absolute atomic E-state index is 0.102. The second-order valence-electron chi connectivity index (χ2n) is 4.07. The third-order valence-corrected chi connectivity index (χ3v) is 2.94. The number of nitrogens with one attached hydrogen (secondary N) is 1. The minimum atomic E-state index is -0.752. The van der Waals surface area contributed by atoms with Crippen LogP contribution < -0.4 is 11.1 Å². The fraction of sp³-hybridized carbons (Fsp3) is 0. The molecule has 2 aromatic carbocycles. The first kappa shape index (κ1) is 14.7. The summed E-state index contributed by atoms with van der Waals surface area (Å²) in [6, 6.07) is 7.52. The predicted molar refractivity (Wildman–Crippen MR) is 76.9 cm³/mol. The van der Waals surface area contributed by atoms with Gasteiger partial charge in [0.15, 0.2) is 0 Å². The second-order valence-corrected chi connectivity index (χ2v) is 4.51. The molecule has 0 aliphatic carbocycles. The molecule has 0 bridgehead atoms. The Labute approximate surface area is 123 Å². The molecule has 0 spiro atoms. The van der Waals surface area contributed by atoms with Gasteiger partial charge < -0.3 is 11.1 Å². The largest absolute Gasteiger partial charge is 0.393 e. The molecule has 0 aliphatic rings. The monoisotopic (exact) mass is 309 g/mol. The van der Waals surface area contributed by atoms with Gasteiger partial charge in [0.2, 0.25) is 0 Å². The summed E-state index contributed by atoms with van der Waals surface area (Å²) in [4.78, 5) is 22.1. The highest BCUT2D eigenvalue weighted by Gasteiger charge is 2.19. The lowest BCUT2D eigenvalue weighted by molar-refractivity contribution is -0.383. The van der Waals surface area contributed by atoms with Crippen molar-refractivity contribution < 1.29 is 14.1 Å². The molecule has 0 unspecified atom stereocenters. The van der Waals surface area contributed by atoms with Crippen LogP contribution in [0.2, 0.25) is 5.02 Å². The summed E-state index contributed by atoms with van der Waals surface area (Å²) in [5.74, 6) is -1.47. The molecule has 0 atom stereocenters. The van der Waals surface area contributed by atoms with E-state index in [4.69, 9.17) is 17.3 Å². The van der Waals surface area contributed by atoms with Gasteiger partial charge in [-0.05, 0) is 24.3 Å². The van der Waals surface area contributed by atoms with Crippen molar-refractivity contribution in [2.45, 2.75) is 0 Å². The average Bonchev–Trinajstić information content (AvgIpc) is 2.41. The number of nitro groups is 1. The highest BCUT2D eigenvalue weighted by molar-refractivity contribution is 6.30. The SMILES string of the molecule is Nc1c(C(=O)Nc2ccc(Cl)cc2F)cccc1[N+](=O)[O-]. The molecule has 6 nitrogen and oxygen atoms in total. The summed E-state index contributed by atoms with van der Waals surface area (Å²) >= 11 is 5.60. The van der Waals surface area contributed by atoms with Crippen LogP contribution in [-0.4, -0.2) is 10.8 Å². The number of hydrogen-bond donors (Lipinski definition) is 2. The van der Waals surface area contributed by atoms with Crippen molar-refractivity contribution in [3.8, 4) is 0 Å². The van der Waals surface area contributed by atoms with Gasteiger partial charge in [0.1, 0.15) is 11.5 Å². The number of rotatable bonds is 3. The molecule has 0 radical (unpaired) electrons. The summed E-state index contributed by atoms with van der Waals surface area (Å²) in [5, 5.41) is 13.2. The number of hydrogen-bond acceptors (Lipinski definition) is 4. The van der Waals surface area contributed by atoms with Gasteiger partial charge in [-0.3, -0.25) is 14.9 Å². The Bertz CT molecular complexity index is 737. The lowest BCUT2D eigenvalue weighted by atomic mass is 10.1. The molecular weight excluding hydrogens is 301 g/mol. The second kappa shape index (κ2) is 5.76. The van der Waals surface area contributed by atoms with Crippen LogP contribution in [0.1, 0.15) is 10.4 Å². The summed E-state index contributed by atoms with van der Waals surface area (Å²) < 4.78 is 13.6. The van der Waals surface area contributed by atoms with Gasteiger partial charge in [0, 0.05) is 11.1 Å². The number of benzene rings is 2. The van der Waals surface area contributed by atoms with Crippen molar-refractivity contribution in [3.05, 3.63) is 62.9 Å². The quantitative estimate of drug-likeness (QED) is 0.516. The van der Waals surface area contributed by atoms with Gasteiger partial charge in [0.25, 0.3) is 11.6 Å². The maximum Gasteiger partial charge on any atom is 0.292 e. The van der Waals surface area contributed by atoms with Gasteiger partial charge in [-0.1, -0.05) is 17.7 Å². The number of nitrogens with zero attached hydrogens (tertiary/aromatic N) is 1. The topological polar surface area (TPSA) is 98.3 Å². The van der Waals surface area contributed by atoms with Crippen LogP contribution in [0.5, 0.6) is 0 Å². The molecule has 3 N–H and O–H groups in total. The van der Waals surface area contributed by atoms with E-state index < -0.39 is 16.6 Å². The highest BCUT2D eigenvalue weighted by atomic mass is 35.5.